The van der Waals surface area contributed by atoms with Gasteiger partial charge in [0, 0.05) is 32.2 Å². The van der Waals surface area contributed by atoms with E-state index in [0.29, 0.717) is 29.6 Å². The number of hydrogen-bond acceptors (Lipinski definition) is 4. The van der Waals surface area contributed by atoms with Gasteiger partial charge in [0.2, 0.25) is 0 Å². The van der Waals surface area contributed by atoms with E-state index in [1.54, 1.807) is 11.8 Å². The van der Waals surface area contributed by atoms with E-state index < -0.39 is 0 Å². The van der Waals surface area contributed by atoms with E-state index in [2.05, 4.69) is 33.1 Å². The molecule has 6 nitrogen and oxygen atoms in total. The number of benzene rings is 1. The summed E-state index contributed by atoms with van der Waals surface area (Å²) >= 11 is 0. The maximum atomic E-state index is 13.4. The fourth-order valence-electron chi connectivity index (χ4n) is 6.37. The second-order valence-electron chi connectivity index (χ2n) is 9.68. The number of aryl methyl sites for hydroxylation is 2. The van der Waals surface area contributed by atoms with Crippen molar-refractivity contribution in [2.45, 2.75) is 51.1 Å². The molecule has 3 fully saturated rings. The molecule has 5 rings (SSSR count). The first-order chi connectivity index (χ1) is 15.0. The van der Waals surface area contributed by atoms with Crippen LogP contribution in [0, 0.1) is 18.8 Å². The average Bonchev–Trinajstić information content (AvgIpc) is 3.14. The standard InChI is InChI=1S/C25H34N4O2/c1-17-11-24(27(2)26-17)25(30)28-15-19-14-20(16-28)23(29-10-5-4-9-22(19)29)13-18-7-6-8-21(12-18)31-3/h6-8,11-12,19-20,22-23H,4-5,9-10,13-16H2,1-3H3/t19-,20+,22+,23+/m1/s1. The van der Waals surface area contributed by atoms with E-state index in [4.69, 9.17) is 4.74 Å². The van der Waals surface area contributed by atoms with Crippen LogP contribution in [0.2, 0.25) is 0 Å². The Labute approximate surface area is 185 Å². The summed E-state index contributed by atoms with van der Waals surface area (Å²) < 4.78 is 7.21. The van der Waals surface area contributed by atoms with Gasteiger partial charge in [0.1, 0.15) is 11.4 Å². The second kappa shape index (κ2) is 8.30. The monoisotopic (exact) mass is 422 g/mol. The summed E-state index contributed by atoms with van der Waals surface area (Å²) in [5, 5.41) is 4.40. The molecule has 166 valence electrons. The number of piperidine rings is 3. The predicted octanol–water partition coefficient (Wildman–Crippen LogP) is 3.29. The Hall–Kier alpha value is -2.34. The Morgan fingerprint density at radius 1 is 1.19 bits per heavy atom. The molecule has 3 aliphatic heterocycles. The first-order valence-corrected chi connectivity index (χ1v) is 11.7. The van der Waals surface area contributed by atoms with Crippen LogP contribution < -0.4 is 4.74 Å². The molecular formula is C25H34N4O2. The Kier molecular flexibility index (Phi) is 5.51. The van der Waals surface area contributed by atoms with Crippen molar-refractivity contribution in [3.05, 3.63) is 47.3 Å². The van der Waals surface area contributed by atoms with Gasteiger partial charge in [-0.25, -0.2) is 0 Å². The number of fused-ring (bicyclic) bond motifs is 4. The lowest BCUT2D eigenvalue weighted by molar-refractivity contribution is -0.0643. The van der Waals surface area contributed by atoms with Crippen molar-refractivity contribution in [2.24, 2.45) is 18.9 Å². The van der Waals surface area contributed by atoms with Gasteiger partial charge in [-0.1, -0.05) is 18.6 Å². The highest BCUT2D eigenvalue weighted by molar-refractivity contribution is 5.92. The molecule has 0 aliphatic carbocycles. The van der Waals surface area contributed by atoms with Gasteiger partial charge in [0.05, 0.1) is 12.8 Å². The molecule has 6 heteroatoms. The highest BCUT2D eigenvalue weighted by atomic mass is 16.5. The molecule has 1 amide bonds. The van der Waals surface area contributed by atoms with Crippen molar-refractivity contribution < 1.29 is 9.53 Å². The van der Waals surface area contributed by atoms with E-state index in [1.807, 2.05) is 26.1 Å². The van der Waals surface area contributed by atoms with Gasteiger partial charge < -0.3 is 9.64 Å². The summed E-state index contributed by atoms with van der Waals surface area (Å²) in [5.74, 6) is 2.16. The largest absolute Gasteiger partial charge is 0.497 e. The molecule has 3 aliphatic rings. The zero-order chi connectivity index (χ0) is 21.5. The second-order valence-corrected chi connectivity index (χ2v) is 9.68. The minimum atomic E-state index is 0.141. The molecular weight excluding hydrogens is 388 g/mol. The smallest absolute Gasteiger partial charge is 0.272 e. The van der Waals surface area contributed by atoms with Gasteiger partial charge in [-0.2, -0.15) is 5.10 Å². The van der Waals surface area contributed by atoms with Crippen molar-refractivity contribution >= 4 is 5.91 Å². The number of aromatic nitrogens is 2. The van der Waals surface area contributed by atoms with Crippen LogP contribution >= 0.6 is 0 Å². The molecule has 4 atom stereocenters. The van der Waals surface area contributed by atoms with Crippen LogP contribution in [-0.4, -0.2) is 64.3 Å². The number of rotatable bonds is 4. The van der Waals surface area contributed by atoms with E-state index in [9.17, 15) is 4.79 Å². The molecule has 0 radical (unpaired) electrons. The average molecular weight is 423 g/mol. The third-order valence-corrected chi connectivity index (χ3v) is 7.71. The Morgan fingerprint density at radius 2 is 2.03 bits per heavy atom. The number of nitrogens with zero attached hydrogens (tertiary/aromatic N) is 4. The Morgan fingerprint density at radius 3 is 2.81 bits per heavy atom. The van der Waals surface area contributed by atoms with Crippen LogP contribution in [0.15, 0.2) is 30.3 Å². The van der Waals surface area contributed by atoms with Crippen LogP contribution in [0.25, 0.3) is 0 Å². The predicted molar refractivity (Wildman–Crippen MR) is 120 cm³/mol. The summed E-state index contributed by atoms with van der Waals surface area (Å²) in [5.41, 5.74) is 2.94. The van der Waals surface area contributed by atoms with Crippen LogP contribution in [0.3, 0.4) is 0 Å². The van der Waals surface area contributed by atoms with Gasteiger partial charge in [-0.15, -0.1) is 0 Å². The highest BCUT2D eigenvalue weighted by Gasteiger charge is 2.48. The first kappa shape index (κ1) is 20.6. The van der Waals surface area contributed by atoms with Gasteiger partial charge >= 0.3 is 0 Å². The molecule has 0 N–H and O–H groups in total. The maximum absolute atomic E-state index is 13.4. The normalized spacial score (nSPS) is 28.3. The lowest BCUT2D eigenvalue weighted by atomic mass is 9.71. The quantitative estimate of drug-likeness (QED) is 0.759. The first-order valence-electron chi connectivity index (χ1n) is 11.7. The van der Waals surface area contributed by atoms with Crippen LogP contribution in [0.5, 0.6) is 5.75 Å². The third-order valence-electron chi connectivity index (χ3n) is 7.71. The number of amides is 1. The van der Waals surface area contributed by atoms with Gasteiger partial charge in [-0.3, -0.25) is 14.4 Å². The van der Waals surface area contributed by atoms with Gasteiger partial charge in [0.25, 0.3) is 5.91 Å². The summed E-state index contributed by atoms with van der Waals surface area (Å²) in [7, 11) is 3.61. The Balaban J connectivity index is 1.42. The highest BCUT2D eigenvalue weighted by Crippen LogP contribution is 2.42. The van der Waals surface area contributed by atoms with Gasteiger partial charge in [0.15, 0.2) is 0 Å². The van der Waals surface area contributed by atoms with Gasteiger partial charge in [-0.05, 0) is 74.8 Å². The van der Waals surface area contributed by atoms with Crippen molar-refractivity contribution in [1.29, 1.82) is 0 Å². The van der Waals surface area contributed by atoms with Crippen LogP contribution in [0.4, 0.5) is 0 Å². The van der Waals surface area contributed by atoms with E-state index in [0.717, 1.165) is 31.0 Å². The Bertz CT molecular complexity index is 955. The summed E-state index contributed by atoms with van der Waals surface area (Å²) in [6, 6.07) is 11.5. The topological polar surface area (TPSA) is 50.6 Å². The number of ether oxygens (including phenoxy) is 1. The fraction of sp³-hybridized carbons (Fsp3) is 0.600. The van der Waals surface area contributed by atoms with E-state index in [1.165, 1.54) is 37.8 Å². The number of carbonyl (C=O) groups is 1. The molecule has 2 bridgehead atoms. The van der Waals surface area contributed by atoms with Crippen molar-refractivity contribution in [2.75, 3.05) is 26.7 Å². The minimum absolute atomic E-state index is 0.141. The molecule has 31 heavy (non-hydrogen) atoms. The molecule has 1 aromatic heterocycles. The molecule has 1 aromatic carbocycles. The lowest BCUT2D eigenvalue weighted by Gasteiger charge is -2.57. The number of likely N-dealkylation sites (tertiary alicyclic amines) is 1. The molecule has 0 saturated carbocycles. The summed E-state index contributed by atoms with van der Waals surface area (Å²) in [4.78, 5) is 18.3. The molecule has 0 unspecified atom stereocenters. The molecule has 0 spiro atoms. The van der Waals surface area contributed by atoms with Crippen LogP contribution in [0.1, 0.15) is 47.4 Å². The van der Waals surface area contributed by atoms with E-state index >= 15 is 0 Å². The maximum Gasteiger partial charge on any atom is 0.272 e. The van der Waals surface area contributed by atoms with Crippen molar-refractivity contribution in [1.82, 2.24) is 19.6 Å². The fourth-order valence-corrected chi connectivity index (χ4v) is 6.37. The SMILES string of the molecule is COc1cccc(C[C@H]2[C@H]3C[C@H](CN(C(=O)c4cc(C)nn4C)C3)[C@@H]3CCCCN32)c1. The summed E-state index contributed by atoms with van der Waals surface area (Å²) in [6.07, 6.45) is 6.13. The lowest BCUT2D eigenvalue weighted by Crippen LogP contribution is -2.64. The minimum Gasteiger partial charge on any atom is -0.497 e. The van der Waals surface area contributed by atoms with Crippen LogP contribution in [-0.2, 0) is 13.5 Å². The third kappa shape index (κ3) is 3.86. The van der Waals surface area contributed by atoms with Crippen molar-refractivity contribution in [3.63, 3.8) is 0 Å². The van der Waals surface area contributed by atoms with Crippen molar-refractivity contribution in [3.8, 4) is 5.75 Å². The molecule has 3 saturated heterocycles. The molecule has 2 aromatic rings. The number of carbonyl (C=O) groups excluding carboxylic acids is 1. The zero-order valence-corrected chi connectivity index (χ0v) is 19.0. The van der Waals surface area contributed by atoms with E-state index in [-0.39, 0.29) is 5.91 Å². The number of hydrogen-bond donors (Lipinski definition) is 0. The summed E-state index contributed by atoms with van der Waals surface area (Å²) in [6.45, 7) is 4.87. The molecule has 4 heterocycles. The zero-order valence-electron chi connectivity index (χ0n) is 19.0. The number of methoxy groups -OCH3 is 1.